The number of aromatic nitrogens is 1. The summed E-state index contributed by atoms with van der Waals surface area (Å²) in [5.41, 5.74) is 3.24. The number of anilines is 1. The Hall–Kier alpha value is -2.99. The van der Waals surface area contributed by atoms with E-state index in [0.29, 0.717) is 16.3 Å². The summed E-state index contributed by atoms with van der Waals surface area (Å²) >= 11 is 1.26. The zero-order valence-corrected chi connectivity index (χ0v) is 16.0. The third-order valence-corrected chi connectivity index (χ3v) is 4.87. The number of hydrogen-bond acceptors (Lipinski definition) is 5. The van der Waals surface area contributed by atoms with Crippen LogP contribution < -0.4 is 5.32 Å². The number of nitrogens with zero attached hydrogens (tertiary/aromatic N) is 1. The molecule has 0 saturated carbocycles. The zero-order chi connectivity index (χ0) is 19.2. The van der Waals surface area contributed by atoms with E-state index in [4.69, 9.17) is 4.74 Å². The molecule has 0 unspecified atom stereocenters. The Morgan fingerprint density at radius 2 is 1.89 bits per heavy atom. The van der Waals surface area contributed by atoms with Crippen LogP contribution in [0, 0.1) is 6.92 Å². The van der Waals surface area contributed by atoms with E-state index in [1.807, 2.05) is 62.4 Å². The van der Waals surface area contributed by atoms with Gasteiger partial charge in [0.1, 0.15) is 4.88 Å². The van der Waals surface area contributed by atoms with Crippen molar-refractivity contribution in [3.63, 3.8) is 0 Å². The molecule has 27 heavy (non-hydrogen) atoms. The minimum Gasteiger partial charge on any atom is -0.451 e. The number of thiazole rings is 1. The normalized spacial score (nSPS) is 10.4. The van der Waals surface area contributed by atoms with Gasteiger partial charge in [-0.2, -0.15) is 0 Å². The van der Waals surface area contributed by atoms with Crippen molar-refractivity contribution in [2.75, 3.05) is 11.9 Å². The number of esters is 1. The molecule has 0 spiro atoms. The maximum absolute atomic E-state index is 12.5. The summed E-state index contributed by atoms with van der Waals surface area (Å²) < 4.78 is 5.21. The van der Waals surface area contributed by atoms with Crippen molar-refractivity contribution < 1.29 is 14.3 Å². The Bertz CT molecular complexity index is 951. The molecule has 1 heterocycles. The summed E-state index contributed by atoms with van der Waals surface area (Å²) in [5.74, 6) is -0.920. The van der Waals surface area contributed by atoms with Gasteiger partial charge in [0.05, 0.1) is 10.7 Å². The fourth-order valence-corrected chi connectivity index (χ4v) is 3.45. The van der Waals surface area contributed by atoms with Crippen LogP contribution in [-0.4, -0.2) is 23.5 Å². The van der Waals surface area contributed by atoms with Gasteiger partial charge in [-0.05, 0) is 31.0 Å². The number of amides is 1. The Kier molecular flexibility index (Phi) is 5.98. The summed E-state index contributed by atoms with van der Waals surface area (Å²) in [6.07, 6.45) is 0.881. The zero-order valence-electron chi connectivity index (χ0n) is 15.2. The third kappa shape index (κ3) is 4.80. The first kappa shape index (κ1) is 18.8. The molecule has 5 nitrogen and oxygen atoms in total. The summed E-state index contributed by atoms with van der Waals surface area (Å²) in [7, 11) is 0. The lowest BCUT2D eigenvalue weighted by atomic mass is 10.1. The van der Waals surface area contributed by atoms with Crippen LogP contribution >= 0.6 is 11.3 Å². The van der Waals surface area contributed by atoms with Crippen molar-refractivity contribution in [2.45, 2.75) is 20.3 Å². The molecule has 0 aliphatic heterocycles. The second kappa shape index (κ2) is 8.60. The van der Waals surface area contributed by atoms with Gasteiger partial charge in [0.15, 0.2) is 6.61 Å². The van der Waals surface area contributed by atoms with Gasteiger partial charge in [0.2, 0.25) is 0 Å². The lowest BCUT2D eigenvalue weighted by Gasteiger charge is -2.08. The highest BCUT2D eigenvalue weighted by atomic mass is 32.1. The SMILES string of the molecule is CCc1cccc(NC(=O)COC(=O)c2sc(C)nc2-c2ccccc2)c1. The molecular weight excluding hydrogens is 360 g/mol. The van der Waals surface area contributed by atoms with Gasteiger partial charge in [-0.15, -0.1) is 11.3 Å². The van der Waals surface area contributed by atoms with E-state index in [2.05, 4.69) is 10.3 Å². The molecule has 0 saturated heterocycles. The van der Waals surface area contributed by atoms with E-state index in [1.54, 1.807) is 6.07 Å². The van der Waals surface area contributed by atoms with Crippen molar-refractivity contribution in [1.82, 2.24) is 4.98 Å². The summed E-state index contributed by atoms with van der Waals surface area (Å²) in [6.45, 7) is 3.53. The topological polar surface area (TPSA) is 68.3 Å². The van der Waals surface area contributed by atoms with Crippen LogP contribution in [0.4, 0.5) is 5.69 Å². The number of nitrogens with one attached hydrogen (secondary N) is 1. The molecule has 6 heteroatoms. The molecule has 3 rings (SSSR count). The largest absolute Gasteiger partial charge is 0.451 e. The minimum atomic E-state index is -0.545. The van der Waals surface area contributed by atoms with Crippen LogP contribution in [0.2, 0.25) is 0 Å². The summed E-state index contributed by atoms with van der Waals surface area (Å²) in [4.78, 5) is 29.4. The molecule has 3 aromatic rings. The van der Waals surface area contributed by atoms with Gasteiger partial charge in [0.25, 0.3) is 5.91 Å². The standard InChI is InChI=1S/C21H20N2O3S/c1-3-15-8-7-11-17(12-15)23-18(24)13-26-21(25)20-19(22-14(2)27-20)16-9-5-4-6-10-16/h4-12H,3,13H2,1-2H3,(H,23,24). The van der Waals surface area contributed by atoms with E-state index >= 15 is 0 Å². The molecular formula is C21H20N2O3S. The van der Waals surface area contributed by atoms with Crippen molar-refractivity contribution in [3.05, 3.63) is 70.0 Å². The second-order valence-corrected chi connectivity index (χ2v) is 7.16. The average molecular weight is 380 g/mol. The van der Waals surface area contributed by atoms with E-state index in [0.717, 1.165) is 22.6 Å². The highest BCUT2D eigenvalue weighted by molar-refractivity contribution is 7.14. The van der Waals surface area contributed by atoms with Gasteiger partial charge in [-0.25, -0.2) is 9.78 Å². The van der Waals surface area contributed by atoms with Crippen molar-refractivity contribution in [3.8, 4) is 11.3 Å². The molecule has 0 aliphatic rings. The Morgan fingerprint density at radius 3 is 2.63 bits per heavy atom. The quantitative estimate of drug-likeness (QED) is 0.641. The van der Waals surface area contributed by atoms with Crippen LogP contribution in [-0.2, 0) is 16.0 Å². The van der Waals surface area contributed by atoms with Crippen LogP contribution in [0.15, 0.2) is 54.6 Å². The Morgan fingerprint density at radius 1 is 1.11 bits per heavy atom. The third-order valence-electron chi connectivity index (χ3n) is 3.92. The van der Waals surface area contributed by atoms with Crippen LogP contribution in [0.3, 0.4) is 0 Å². The molecule has 2 aromatic carbocycles. The van der Waals surface area contributed by atoms with Gasteiger partial charge in [-0.1, -0.05) is 49.4 Å². The fraction of sp³-hybridized carbons (Fsp3) is 0.190. The van der Waals surface area contributed by atoms with E-state index in [9.17, 15) is 9.59 Å². The number of rotatable bonds is 6. The van der Waals surface area contributed by atoms with Gasteiger partial charge in [-0.3, -0.25) is 4.79 Å². The number of carbonyl (C=O) groups excluding carboxylic acids is 2. The molecule has 0 bridgehead atoms. The van der Waals surface area contributed by atoms with Crippen LogP contribution in [0.1, 0.15) is 27.2 Å². The number of hydrogen-bond donors (Lipinski definition) is 1. The fourth-order valence-electron chi connectivity index (χ4n) is 2.62. The average Bonchev–Trinajstić information content (AvgIpc) is 3.09. The van der Waals surface area contributed by atoms with E-state index < -0.39 is 5.97 Å². The first-order valence-electron chi connectivity index (χ1n) is 8.65. The van der Waals surface area contributed by atoms with Crippen LogP contribution in [0.5, 0.6) is 0 Å². The Labute approximate surface area is 162 Å². The number of carbonyl (C=O) groups is 2. The van der Waals surface area contributed by atoms with Crippen molar-refractivity contribution in [2.24, 2.45) is 0 Å². The monoisotopic (exact) mass is 380 g/mol. The minimum absolute atomic E-state index is 0.347. The first-order chi connectivity index (χ1) is 13.1. The molecule has 1 amide bonds. The lowest BCUT2D eigenvalue weighted by Crippen LogP contribution is -2.20. The molecule has 1 aromatic heterocycles. The Balaban J connectivity index is 1.65. The molecule has 138 valence electrons. The van der Waals surface area contributed by atoms with Gasteiger partial charge < -0.3 is 10.1 Å². The lowest BCUT2D eigenvalue weighted by molar-refractivity contribution is -0.119. The predicted octanol–water partition coefficient (Wildman–Crippen LogP) is 4.48. The van der Waals surface area contributed by atoms with E-state index in [-0.39, 0.29) is 12.5 Å². The number of benzene rings is 2. The van der Waals surface area contributed by atoms with Crippen molar-refractivity contribution in [1.29, 1.82) is 0 Å². The molecule has 0 radical (unpaired) electrons. The van der Waals surface area contributed by atoms with Gasteiger partial charge >= 0.3 is 5.97 Å². The molecule has 0 fully saturated rings. The van der Waals surface area contributed by atoms with Crippen molar-refractivity contribution >= 4 is 28.9 Å². The van der Waals surface area contributed by atoms with E-state index in [1.165, 1.54) is 11.3 Å². The van der Waals surface area contributed by atoms with Gasteiger partial charge in [0, 0.05) is 11.3 Å². The highest BCUT2D eigenvalue weighted by Gasteiger charge is 2.20. The van der Waals surface area contributed by atoms with Crippen LogP contribution in [0.25, 0.3) is 11.3 Å². The maximum Gasteiger partial charge on any atom is 0.351 e. The summed E-state index contributed by atoms with van der Waals surface area (Å²) in [6, 6.07) is 17.0. The summed E-state index contributed by atoms with van der Waals surface area (Å²) in [5, 5.41) is 3.51. The second-order valence-electron chi connectivity index (χ2n) is 5.95. The molecule has 1 N–H and O–H groups in total. The smallest absolute Gasteiger partial charge is 0.351 e. The predicted molar refractivity (Wildman–Crippen MR) is 107 cm³/mol. The molecule has 0 aliphatic carbocycles. The highest BCUT2D eigenvalue weighted by Crippen LogP contribution is 2.28. The first-order valence-corrected chi connectivity index (χ1v) is 9.47. The maximum atomic E-state index is 12.5. The molecule has 0 atom stereocenters. The number of aryl methyl sites for hydroxylation is 2. The number of ether oxygens (including phenoxy) is 1.